The van der Waals surface area contributed by atoms with E-state index in [1.807, 2.05) is 50.5 Å². The first-order valence-corrected chi connectivity index (χ1v) is 13.1. The Bertz CT molecular complexity index is 1250. The number of pyridine rings is 1. The summed E-state index contributed by atoms with van der Waals surface area (Å²) in [5.41, 5.74) is 5.12. The molecule has 0 aliphatic carbocycles. The largest absolute Gasteiger partial charge is 0.391 e. The molecule has 1 saturated heterocycles. The quantitative estimate of drug-likeness (QED) is 0.419. The fourth-order valence-electron chi connectivity index (χ4n) is 4.38. The molecule has 3 aromatic rings. The topological polar surface area (TPSA) is 125 Å². The number of benzene rings is 1. The summed E-state index contributed by atoms with van der Waals surface area (Å²) in [4.78, 5) is 50.0. The predicted octanol–water partition coefficient (Wildman–Crippen LogP) is 2.55. The molecule has 0 radical (unpaired) electrons. The van der Waals surface area contributed by atoms with Crippen LogP contribution in [0.4, 0.5) is 0 Å². The summed E-state index contributed by atoms with van der Waals surface area (Å²) < 4.78 is 0. The first-order valence-electron chi connectivity index (χ1n) is 12.2. The molecule has 1 fully saturated rings. The van der Waals surface area contributed by atoms with E-state index < -0.39 is 30.0 Å². The highest BCUT2D eigenvalue weighted by Crippen LogP contribution is 2.27. The Morgan fingerprint density at radius 2 is 1.95 bits per heavy atom. The molecule has 1 aliphatic heterocycles. The van der Waals surface area contributed by atoms with Crippen LogP contribution in [0.1, 0.15) is 41.9 Å². The number of hydrogen-bond donors (Lipinski definition) is 3. The number of rotatable bonds is 8. The normalized spacial score (nSPS) is 18.0. The van der Waals surface area contributed by atoms with Gasteiger partial charge in [-0.1, -0.05) is 38.1 Å². The van der Waals surface area contributed by atoms with E-state index in [1.165, 1.54) is 11.1 Å². The Hall–Kier alpha value is -3.63. The lowest BCUT2D eigenvalue weighted by Gasteiger charge is -2.30. The van der Waals surface area contributed by atoms with Crippen LogP contribution in [0.2, 0.25) is 0 Å². The van der Waals surface area contributed by atoms with Crippen molar-refractivity contribution >= 4 is 29.1 Å². The highest BCUT2D eigenvalue weighted by Gasteiger charge is 2.42. The maximum Gasteiger partial charge on any atom is 0.253 e. The number of aliphatic hydroxyl groups is 1. The molecule has 1 aliphatic rings. The number of carbonyl (C=O) groups excluding carboxylic acids is 3. The fraction of sp³-hybridized carbons (Fsp3) is 0.370. The van der Waals surface area contributed by atoms with Gasteiger partial charge >= 0.3 is 0 Å². The summed E-state index contributed by atoms with van der Waals surface area (Å²) in [6, 6.07) is 9.48. The maximum atomic E-state index is 13.5. The van der Waals surface area contributed by atoms with Crippen molar-refractivity contribution in [2.45, 2.75) is 51.9 Å². The van der Waals surface area contributed by atoms with Gasteiger partial charge in [-0.25, -0.2) is 4.98 Å². The zero-order valence-electron chi connectivity index (χ0n) is 21.0. The zero-order chi connectivity index (χ0) is 26.5. The lowest BCUT2D eigenvalue weighted by Crippen LogP contribution is -2.55. The number of likely N-dealkylation sites (tertiary alicyclic amines) is 1. The van der Waals surface area contributed by atoms with E-state index in [0.29, 0.717) is 12.1 Å². The summed E-state index contributed by atoms with van der Waals surface area (Å²) in [5.74, 6) is -1.38. The van der Waals surface area contributed by atoms with Crippen LogP contribution in [0.25, 0.3) is 10.4 Å². The van der Waals surface area contributed by atoms with E-state index in [2.05, 4.69) is 20.6 Å². The third kappa shape index (κ3) is 6.20. The van der Waals surface area contributed by atoms with Crippen molar-refractivity contribution in [3.8, 4) is 10.4 Å². The average Bonchev–Trinajstić information content (AvgIpc) is 3.51. The molecule has 4 rings (SSSR count). The van der Waals surface area contributed by atoms with Crippen LogP contribution in [-0.4, -0.2) is 62.4 Å². The number of β-amino-alcohol motifs (C(OH)–C–C–N with tert-alkyl or cyclic N) is 1. The third-order valence-corrected chi connectivity index (χ3v) is 7.41. The number of aliphatic hydroxyl groups excluding tert-OH is 1. The number of aryl methyl sites for hydroxylation is 1. The van der Waals surface area contributed by atoms with Crippen molar-refractivity contribution in [3.63, 3.8) is 0 Å². The number of nitrogens with one attached hydrogen (secondary N) is 2. The lowest BCUT2D eigenvalue weighted by molar-refractivity contribution is -0.140. The van der Waals surface area contributed by atoms with E-state index in [0.717, 1.165) is 21.7 Å². The molecule has 1 aromatic carbocycles. The Morgan fingerprint density at radius 1 is 1.19 bits per heavy atom. The smallest absolute Gasteiger partial charge is 0.253 e. The fourth-order valence-corrected chi connectivity index (χ4v) is 5.19. The molecule has 0 unspecified atom stereocenters. The predicted molar refractivity (Wildman–Crippen MR) is 141 cm³/mol. The van der Waals surface area contributed by atoms with E-state index in [9.17, 15) is 19.5 Å². The number of amides is 3. The van der Waals surface area contributed by atoms with Gasteiger partial charge in [-0.2, -0.15) is 0 Å². The minimum Gasteiger partial charge on any atom is -0.391 e. The summed E-state index contributed by atoms with van der Waals surface area (Å²) >= 11 is 1.58. The Labute approximate surface area is 220 Å². The number of nitrogens with zero attached hydrogens (tertiary/aromatic N) is 3. The van der Waals surface area contributed by atoms with E-state index in [4.69, 9.17) is 0 Å². The molecule has 37 heavy (non-hydrogen) atoms. The summed E-state index contributed by atoms with van der Waals surface area (Å²) in [6.45, 7) is 5.94. The number of thiazole rings is 1. The summed E-state index contributed by atoms with van der Waals surface area (Å²) in [7, 11) is 0. The van der Waals surface area contributed by atoms with E-state index in [1.54, 1.807) is 29.7 Å². The van der Waals surface area contributed by atoms with Gasteiger partial charge in [0, 0.05) is 31.9 Å². The van der Waals surface area contributed by atoms with Crippen LogP contribution in [0.5, 0.6) is 0 Å². The Kier molecular flexibility index (Phi) is 8.30. The molecule has 0 saturated carbocycles. The van der Waals surface area contributed by atoms with Crippen molar-refractivity contribution < 1.29 is 19.5 Å². The molecule has 3 atom stereocenters. The van der Waals surface area contributed by atoms with Crippen LogP contribution < -0.4 is 10.6 Å². The minimum atomic E-state index is -0.851. The third-order valence-electron chi connectivity index (χ3n) is 6.44. The lowest BCUT2D eigenvalue weighted by atomic mass is 10.0. The standard InChI is InChI=1S/C27H31N5O4S/c1-16(2)23(31-25(34)20-5-4-10-28-13-20)27(36)32-14-21(33)11-22(32)26(35)29-12-18-6-8-19(9-7-18)24-17(3)30-15-37-24/h4-10,13,15-16,21-23,33H,11-12,14H2,1-3H3,(H,29,35)(H,31,34)/t21-,22+,23+/m1/s1. The monoisotopic (exact) mass is 521 g/mol. The van der Waals surface area contributed by atoms with Gasteiger partial charge in [-0.15, -0.1) is 11.3 Å². The van der Waals surface area contributed by atoms with Gasteiger partial charge in [0.2, 0.25) is 11.8 Å². The highest BCUT2D eigenvalue weighted by molar-refractivity contribution is 7.13. The van der Waals surface area contributed by atoms with Gasteiger partial charge in [0.25, 0.3) is 5.91 Å². The molecular weight excluding hydrogens is 490 g/mol. The number of hydrogen-bond acceptors (Lipinski definition) is 7. The molecular formula is C27H31N5O4S. The van der Waals surface area contributed by atoms with Crippen molar-refractivity contribution in [1.29, 1.82) is 0 Å². The maximum absolute atomic E-state index is 13.5. The first kappa shape index (κ1) is 26.4. The van der Waals surface area contributed by atoms with Gasteiger partial charge < -0.3 is 20.6 Å². The minimum absolute atomic E-state index is 0.0335. The van der Waals surface area contributed by atoms with Crippen LogP contribution in [0.15, 0.2) is 54.3 Å². The van der Waals surface area contributed by atoms with E-state index in [-0.39, 0.29) is 24.8 Å². The second kappa shape index (κ2) is 11.6. The van der Waals surface area contributed by atoms with Crippen LogP contribution in [0, 0.1) is 12.8 Å². The van der Waals surface area contributed by atoms with Crippen LogP contribution in [0.3, 0.4) is 0 Å². The molecule has 0 spiro atoms. The molecule has 3 amide bonds. The van der Waals surface area contributed by atoms with Gasteiger partial charge in [0.15, 0.2) is 0 Å². The van der Waals surface area contributed by atoms with Gasteiger partial charge in [-0.3, -0.25) is 19.4 Å². The first-order chi connectivity index (χ1) is 17.7. The van der Waals surface area contributed by atoms with Crippen molar-refractivity contribution in [1.82, 2.24) is 25.5 Å². The molecule has 3 N–H and O–H groups in total. The molecule has 194 valence electrons. The van der Waals surface area contributed by atoms with Crippen molar-refractivity contribution in [3.05, 3.63) is 71.1 Å². The summed E-state index contributed by atoms with van der Waals surface area (Å²) in [5, 5.41) is 16.0. The molecule has 3 heterocycles. The van der Waals surface area contributed by atoms with Crippen LogP contribution >= 0.6 is 11.3 Å². The molecule has 9 nitrogen and oxygen atoms in total. The molecule has 0 bridgehead atoms. The average molecular weight is 522 g/mol. The van der Waals surface area contributed by atoms with Gasteiger partial charge in [0.05, 0.1) is 27.7 Å². The van der Waals surface area contributed by atoms with Gasteiger partial charge in [-0.05, 0) is 36.1 Å². The summed E-state index contributed by atoms with van der Waals surface area (Å²) in [6.07, 6.45) is 2.32. The second-order valence-corrected chi connectivity index (χ2v) is 10.4. The number of carbonyl (C=O) groups is 3. The van der Waals surface area contributed by atoms with E-state index >= 15 is 0 Å². The SMILES string of the molecule is Cc1ncsc1-c1ccc(CNC(=O)[C@@H]2C[C@@H](O)CN2C(=O)[C@@H](NC(=O)c2cccnc2)C(C)C)cc1. The Morgan fingerprint density at radius 3 is 2.57 bits per heavy atom. The number of aromatic nitrogens is 2. The van der Waals surface area contributed by atoms with Crippen molar-refractivity contribution in [2.24, 2.45) is 5.92 Å². The van der Waals surface area contributed by atoms with Crippen LogP contribution in [-0.2, 0) is 16.1 Å². The zero-order valence-corrected chi connectivity index (χ0v) is 21.9. The van der Waals surface area contributed by atoms with Gasteiger partial charge in [0.1, 0.15) is 12.1 Å². The second-order valence-electron chi connectivity index (χ2n) is 9.51. The molecule has 2 aromatic heterocycles. The van der Waals surface area contributed by atoms with Crippen molar-refractivity contribution in [2.75, 3.05) is 6.54 Å². The highest BCUT2D eigenvalue weighted by atomic mass is 32.1. The molecule has 10 heteroatoms. The Balaban J connectivity index is 1.40.